The maximum Gasteiger partial charge on any atom is 0.417 e. The molecule has 0 spiro atoms. The average Bonchev–Trinajstić information content (AvgIpc) is 3.08. The first-order valence-electron chi connectivity index (χ1n) is 7.92. The van der Waals surface area contributed by atoms with Crippen LogP contribution in [0.3, 0.4) is 0 Å². The molecule has 9 heteroatoms. The molecule has 26 heavy (non-hydrogen) atoms. The lowest BCUT2D eigenvalue weighted by atomic mass is 10.2. The van der Waals surface area contributed by atoms with E-state index in [9.17, 15) is 21.6 Å². The number of furan rings is 1. The number of sulfonamides is 1. The highest BCUT2D eigenvalue weighted by Gasteiger charge is 2.39. The number of benzene rings is 1. The van der Waals surface area contributed by atoms with Gasteiger partial charge < -0.3 is 4.42 Å². The lowest BCUT2D eigenvalue weighted by Crippen LogP contribution is -2.28. The Morgan fingerprint density at radius 3 is 2.50 bits per heavy atom. The molecule has 1 heterocycles. The number of alkyl halides is 3. The van der Waals surface area contributed by atoms with Gasteiger partial charge in [-0.3, -0.25) is 0 Å². The number of nitrogens with zero attached hydrogens (tertiary/aromatic N) is 1. The summed E-state index contributed by atoms with van der Waals surface area (Å²) in [6.45, 7) is 1.92. The molecule has 0 radical (unpaired) electrons. The Hall–Kier alpha value is -1.51. The summed E-state index contributed by atoms with van der Waals surface area (Å²) >= 11 is 5.61. The van der Waals surface area contributed by atoms with Crippen molar-refractivity contribution in [1.29, 1.82) is 0 Å². The fourth-order valence-electron chi connectivity index (χ4n) is 2.82. The summed E-state index contributed by atoms with van der Waals surface area (Å²) in [5.41, 5.74) is -1.29. The van der Waals surface area contributed by atoms with E-state index in [4.69, 9.17) is 16.0 Å². The molecule has 1 aromatic carbocycles. The van der Waals surface area contributed by atoms with Gasteiger partial charge in [0, 0.05) is 18.0 Å². The predicted octanol–water partition coefficient (Wildman–Crippen LogP) is 4.90. The third-order valence-corrected chi connectivity index (χ3v) is 6.57. The predicted molar refractivity (Wildman–Crippen MR) is 90.3 cm³/mol. The number of rotatable bonds is 5. The summed E-state index contributed by atoms with van der Waals surface area (Å²) in [6, 6.07) is 6.04. The van der Waals surface area contributed by atoms with Gasteiger partial charge in [-0.05, 0) is 42.7 Å². The first-order valence-corrected chi connectivity index (χ1v) is 9.73. The topological polar surface area (TPSA) is 50.5 Å². The van der Waals surface area contributed by atoms with Crippen molar-refractivity contribution in [2.24, 2.45) is 5.92 Å². The van der Waals surface area contributed by atoms with Crippen LogP contribution in [-0.2, 0) is 22.7 Å². The minimum atomic E-state index is -4.84. The quantitative estimate of drug-likeness (QED) is 0.708. The van der Waals surface area contributed by atoms with Crippen molar-refractivity contribution < 1.29 is 26.0 Å². The van der Waals surface area contributed by atoms with Gasteiger partial charge in [-0.2, -0.15) is 17.5 Å². The van der Waals surface area contributed by atoms with E-state index < -0.39 is 26.7 Å². The van der Waals surface area contributed by atoms with Crippen LogP contribution in [0.1, 0.15) is 36.3 Å². The van der Waals surface area contributed by atoms with Gasteiger partial charge in [-0.25, -0.2) is 8.42 Å². The number of hydrogen-bond donors (Lipinski definition) is 0. The third-order valence-electron chi connectivity index (χ3n) is 4.47. The van der Waals surface area contributed by atoms with E-state index in [0.717, 1.165) is 28.6 Å². The molecule has 1 aliphatic rings. The zero-order valence-corrected chi connectivity index (χ0v) is 15.6. The largest absolute Gasteiger partial charge is 0.464 e. The third kappa shape index (κ3) is 3.77. The van der Waals surface area contributed by atoms with Gasteiger partial charge in [0.1, 0.15) is 11.5 Å². The Bertz CT molecular complexity index is 924. The van der Waals surface area contributed by atoms with Crippen LogP contribution in [0.25, 0.3) is 0 Å². The van der Waals surface area contributed by atoms with Crippen LogP contribution in [-0.4, -0.2) is 19.8 Å². The second kappa shape index (κ2) is 6.58. The molecule has 0 saturated heterocycles. The van der Waals surface area contributed by atoms with Crippen molar-refractivity contribution in [1.82, 2.24) is 4.31 Å². The minimum Gasteiger partial charge on any atom is -0.464 e. The van der Waals surface area contributed by atoms with Gasteiger partial charge in [-0.15, -0.1) is 0 Å². The van der Waals surface area contributed by atoms with Crippen LogP contribution in [0.4, 0.5) is 13.2 Å². The number of hydrogen-bond acceptors (Lipinski definition) is 3. The van der Waals surface area contributed by atoms with Crippen LogP contribution >= 0.6 is 11.6 Å². The lowest BCUT2D eigenvalue weighted by Gasteiger charge is -2.19. The monoisotopic (exact) mass is 407 g/mol. The second-order valence-corrected chi connectivity index (χ2v) is 8.97. The zero-order chi connectivity index (χ0) is 19.3. The lowest BCUT2D eigenvalue weighted by molar-refractivity contribution is -0.139. The molecule has 0 N–H and O–H groups in total. The van der Waals surface area contributed by atoms with Gasteiger partial charge in [0.05, 0.1) is 17.0 Å². The summed E-state index contributed by atoms with van der Waals surface area (Å²) in [4.78, 5) is -0.834. The van der Waals surface area contributed by atoms with E-state index in [1.807, 2.05) is 0 Å². The molecule has 1 saturated carbocycles. The van der Waals surface area contributed by atoms with Gasteiger partial charge >= 0.3 is 6.18 Å². The molecule has 1 aliphatic carbocycles. The maximum absolute atomic E-state index is 13.2. The molecule has 2 unspecified atom stereocenters. The maximum atomic E-state index is 13.2. The normalized spacial score (nSPS) is 20.6. The van der Waals surface area contributed by atoms with Crippen LogP contribution in [0, 0.1) is 5.92 Å². The van der Waals surface area contributed by atoms with Gasteiger partial charge in [0.2, 0.25) is 10.0 Å². The molecule has 1 aromatic heterocycles. The van der Waals surface area contributed by atoms with Crippen LogP contribution in [0.15, 0.2) is 39.6 Å². The van der Waals surface area contributed by atoms with Crippen LogP contribution in [0.5, 0.6) is 0 Å². The Morgan fingerprint density at radius 1 is 1.27 bits per heavy atom. The molecule has 0 amide bonds. The minimum absolute atomic E-state index is 0.163. The molecule has 2 atom stereocenters. The zero-order valence-electron chi connectivity index (χ0n) is 14.0. The van der Waals surface area contributed by atoms with Crippen molar-refractivity contribution in [3.63, 3.8) is 0 Å². The molecule has 0 bridgehead atoms. The Balaban J connectivity index is 1.87. The van der Waals surface area contributed by atoms with E-state index in [1.54, 1.807) is 12.1 Å². The highest BCUT2D eigenvalue weighted by atomic mass is 35.5. The highest BCUT2D eigenvalue weighted by molar-refractivity contribution is 7.89. The van der Waals surface area contributed by atoms with E-state index >= 15 is 0 Å². The molecule has 0 aliphatic heterocycles. The fourth-order valence-corrected chi connectivity index (χ4v) is 4.32. The smallest absolute Gasteiger partial charge is 0.417 e. The summed E-state index contributed by atoms with van der Waals surface area (Å²) in [5, 5.41) is -0.187. The number of halogens is 4. The molecular weight excluding hydrogens is 391 g/mol. The van der Waals surface area contributed by atoms with Crippen molar-refractivity contribution in [2.75, 3.05) is 7.05 Å². The summed E-state index contributed by atoms with van der Waals surface area (Å²) < 4.78 is 71.5. The Labute approximate surface area is 154 Å². The van der Waals surface area contributed by atoms with Gasteiger partial charge in [0.15, 0.2) is 0 Å². The molecule has 142 valence electrons. The van der Waals surface area contributed by atoms with Crippen molar-refractivity contribution >= 4 is 21.6 Å². The molecule has 2 aromatic rings. The first-order chi connectivity index (χ1) is 12.0. The van der Waals surface area contributed by atoms with Crippen molar-refractivity contribution in [3.8, 4) is 0 Å². The molecule has 4 nitrogen and oxygen atoms in total. The molecular formula is C17H17ClF3NO3S. The van der Waals surface area contributed by atoms with E-state index in [2.05, 4.69) is 6.92 Å². The van der Waals surface area contributed by atoms with Gasteiger partial charge in [0.25, 0.3) is 0 Å². The van der Waals surface area contributed by atoms with E-state index in [-0.39, 0.29) is 11.6 Å². The first kappa shape index (κ1) is 19.3. The Kier molecular flexibility index (Phi) is 4.87. The molecule has 3 rings (SSSR count). The average molecular weight is 408 g/mol. The van der Waals surface area contributed by atoms with Gasteiger partial charge in [-0.1, -0.05) is 18.5 Å². The Morgan fingerprint density at radius 2 is 1.92 bits per heavy atom. The van der Waals surface area contributed by atoms with Crippen molar-refractivity contribution in [3.05, 3.63) is 52.4 Å². The van der Waals surface area contributed by atoms with E-state index in [0.29, 0.717) is 23.7 Å². The summed E-state index contributed by atoms with van der Waals surface area (Å²) in [5.74, 6) is 2.02. The van der Waals surface area contributed by atoms with Crippen LogP contribution < -0.4 is 0 Å². The van der Waals surface area contributed by atoms with Crippen molar-refractivity contribution in [2.45, 2.75) is 36.9 Å². The SMILES string of the molecule is CC1CC1c1ccc(CN(C)S(=O)(=O)c2ccc(Cl)cc2C(F)(F)F)o1. The summed E-state index contributed by atoms with van der Waals surface area (Å²) in [7, 11) is -3.16. The fraction of sp³-hybridized carbons (Fsp3) is 0.412. The van der Waals surface area contributed by atoms with E-state index in [1.165, 1.54) is 7.05 Å². The second-order valence-electron chi connectivity index (χ2n) is 6.52. The highest BCUT2D eigenvalue weighted by Crippen LogP contribution is 2.47. The molecule has 1 fully saturated rings. The van der Waals surface area contributed by atoms with Crippen LogP contribution in [0.2, 0.25) is 5.02 Å². The summed E-state index contributed by atoms with van der Waals surface area (Å²) in [6.07, 6.45) is -3.82. The standard InChI is InChI=1S/C17H17ClF3NO3S/c1-10-7-13(10)15-5-4-12(25-15)9-22(2)26(23,24)16-6-3-11(18)8-14(16)17(19,20)21/h3-6,8,10,13H,7,9H2,1-2H3.